The summed E-state index contributed by atoms with van der Waals surface area (Å²) in [6.07, 6.45) is 2.33. The number of amides is 1. The van der Waals surface area contributed by atoms with Gasteiger partial charge in [-0.05, 0) is 50.0 Å². The van der Waals surface area contributed by atoms with E-state index in [1.54, 1.807) is 18.2 Å². The third-order valence-corrected chi connectivity index (χ3v) is 4.16. The van der Waals surface area contributed by atoms with Gasteiger partial charge in [-0.1, -0.05) is 23.7 Å². The van der Waals surface area contributed by atoms with Gasteiger partial charge >= 0.3 is 0 Å². The van der Waals surface area contributed by atoms with E-state index < -0.39 is 0 Å². The average molecular weight is 355 g/mol. The van der Waals surface area contributed by atoms with Crippen LogP contribution in [0.1, 0.15) is 23.3 Å². The van der Waals surface area contributed by atoms with Crippen molar-refractivity contribution in [3.05, 3.63) is 41.0 Å². The molecule has 3 rings (SSSR count). The first-order chi connectivity index (χ1) is 10.7. The molecule has 2 heterocycles. The molecule has 0 aliphatic carbocycles. The van der Waals surface area contributed by atoms with Crippen molar-refractivity contribution in [2.75, 3.05) is 19.6 Å². The Hall–Kier alpha value is -1.56. The molecule has 3 N–H and O–H groups in total. The highest BCUT2D eigenvalue weighted by molar-refractivity contribution is 6.30. The monoisotopic (exact) mass is 354 g/mol. The molecule has 1 aliphatic rings. The van der Waals surface area contributed by atoms with Crippen LogP contribution in [0.2, 0.25) is 5.02 Å². The van der Waals surface area contributed by atoms with Gasteiger partial charge in [-0.15, -0.1) is 12.4 Å². The van der Waals surface area contributed by atoms with Crippen LogP contribution < -0.4 is 10.6 Å². The molecule has 7 heteroatoms. The van der Waals surface area contributed by atoms with Gasteiger partial charge < -0.3 is 10.6 Å². The number of rotatable bonds is 4. The molecule has 0 radical (unpaired) electrons. The highest BCUT2D eigenvalue weighted by Gasteiger charge is 2.16. The van der Waals surface area contributed by atoms with Gasteiger partial charge in [0, 0.05) is 17.1 Å². The Morgan fingerprint density at radius 1 is 1.35 bits per heavy atom. The molecule has 1 fully saturated rings. The van der Waals surface area contributed by atoms with E-state index in [0.29, 0.717) is 23.2 Å². The average Bonchev–Trinajstić information content (AvgIpc) is 3.04. The first-order valence-electron chi connectivity index (χ1n) is 7.52. The summed E-state index contributed by atoms with van der Waals surface area (Å²) in [7, 11) is 0. The molecule has 124 valence electrons. The third-order valence-electron chi connectivity index (χ3n) is 3.91. The molecule has 1 aromatic heterocycles. The van der Waals surface area contributed by atoms with Crippen molar-refractivity contribution in [1.82, 2.24) is 20.8 Å². The molecule has 1 atom stereocenters. The lowest BCUT2D eigenvalue weighted by atomic mass is 10.00. The van der Waals surface area contributed by atoms with Crippen molar-refractivity contribution in [3.8, 4) is 11.3 Å². The van der Waals surface area contributed by atoms with Gasteiger partial charge in [0.2, 0.25) is 0 Å². The summed E-state index contributed by atoms with van der Waals surface area (Å²) >= 11 is 5.87. The molecule has 2 aromatic rings. The topological polar surface area (TPSA) is 69.8 Å². The second kappa shape index (κ2) is 8.34. The maximum atomic E-state index is 12.2. The van der Waals surface area contributed by atoms with Gasteiger partial charge in [0.1, 0.15) is 5.69 Å². The van der Waals surface area contributed by atoms with E-state index >= 15 is 0 Å². The Balaban J connectivity index is 0.00000192. The maximum absolute atomic E-state index is 12.2. The fraction of sp³-hybridized carbons (Fsp3) is 0.375. The molecule has 1 aromatic carbocycles. The summed E-state index contributed by atoms with van der Waals surface area (Å²) in [5, 5.41) is 14.0. The Labute approximate surface area is 146 Å². The Morgan fingerprint density at radius 3 is 2.83 bits per heavy atom. The molecule has 0 spiro atoms. The molecule has 5 nitrogen and oxygen atoms in total. The minimum Gasteiger partial charge on any atom is -0.350 e. The number of carbonyl (C=O) groups is 1. The van der Waals surface area contributed by atoms with Crippen LogP contribution in [0, 0.1) is 5.92 Å². The summed E-state index contributed by atoms with van der Waals surface area (Å²) in [5.74, 6) is 0.398. The van der Waals surface area contributed by atoms with E-state index in [0.717, 1.165) is 30.8 Å². The van der Waals surface area contributed by atoms with Gasteiger partial charge in [0.15, 0.2) is 0 Å². The first kappa shape index (κ1) is 17.8. The molecule has 1 saturated heterocycles. The number of halogens is 2. The summed E-state index contributed by atoms with van der Waals surface area (Å²) in [6, 6.07) is 9.14. The predicted molar refractivity (Wildman–Crippen MR) is 94.2 cm³/mol. The minimum atomic E-state index is -0.113. The second-order valence-corrected chi connectivity index (χ2v) is 6.03. The van der Waals surface area contributed by atoms with Crippen LogP contribution in [0.15, 0.2) is 30.3 Å². The smallest absolute Gasteiger partial charge is 0.269 e. The fourth-order valence-electron chi connectivity index (χ4n) is 2.64. The molecule has 1 aliphatic heterocycles. The summed E-state index contributed by atoms with van der Waals surface area (Å²) in [4.78, 5) is 12.2. The van der Waals surface area contributed by atoms with E-state index in [1.165, 1.54) is 6.42 Å². The maximum Gasteiger partial charge on any atom is 0.269 e. The summed E-state index contributed by atoms with van der Waals surface area (Å²) in [6.45, 7) is 2.75. The molecule has 0 saturated carbocycles. The highest BCUT2D eigenvalue weighted by Crippen LogP contribution is 2.20. The zero-order chi connectivity index (χ0) is 15.4. The summed E-state index contributed by atoms with van der Waals surface area (Å²) in [5.41, 5.74) is 2.14. The van der Waals surface area contributed by atoms with Crippen LogP contribution in [0.25, 0.3) is 11.3 Å². The standard InChI is InChI=1S/C16H19ClN4O.ClH/c17-13-5-3-12(4-6-13)14-8-15(21-20-14)16(22)19-10-11-2-1-7-18-9-11;/h3-6,8,11,18H,1-2,7,9-10H2,(H,19,22)(H,20,21);1H. The van der Waals surface area contributed by atoms with Gasteiger partial charge in [-0.25, -0.2) is 0 Å². The van der Waals surface area contributed by atoms with E-state index in [-0.39, 0.29) is 18.3 Å². The van der Waals surface area contributed by atoms with E-state index in [1.807, 2.05) is 12.1 Å². The third kappa shape index (κ3) is 4.70. The van der Waals surface area contributed by atoms with E-state index in [4.69, 9.17) is 11.6 Å². The lowest BCUT2D eigenvalue weighted by Crippen LogP contribution is -2.38. The van der Waals surface area contributed by atoms with E-state index in [9.17, 15) is 4.79 Å². The number of H-pyrrole nitrogens is 1. The van der Waals surface area contributed by atoms with Crippen molar-refractivity contribution >= 4 is 29.9 Å². The second-order valence-electron chi connectivity index (χ2n) is 5.60. The van der Waals surface area contributed by atoms with Crippen molar-refractivity contribution in [2.24, 2.45) is 5.92 Å². The number of aromatic nitrogens is 2. The Kier molecular flexibility index (Phi) is 6.45. The molecule has 0 bridgehead atoms. The molecular weight excluding hydrogens is 335 g/mol. The van der Waals surface area contributed by atoms with E-state index in [2.05, 4.69) is 20.8 Å². The number of piperidine rings is 1. The minimum absolute atomic E-state index is 0. The van der Waals surface area contributed by atoms with Gasteiger partial charge in [-0.2, -0.15) is 5.10 Å². The predicted octanol–water partition coefficient (Wildman–Crippen LogP) is 2.88. The number of aromatic amines is 1. The van der Waals surface area contributed by atoms with Crippen LogP contribution in [0.5, 0.6) is 0 Å². The zero-order valence-corrected chi connectivity index (χ0v) is 14.2. The van der Waals surface area contributed by atoms with Crippen LogP contribution in [0.3, 0.4) is 0 Å². The molecule has 23 heavy (non-hydrogen) atoms. The first-order valence-corrected chi connectivity index (χ1v) is 7.90. The SMILES string of the molecule is Cl.O=C(NCC1CCCNC1)c1cc(-c2ccc(Cl)cc2)n[nH]1. The summed E-state index contributed by atoms with van der Waals surface area (Å²) < 4.78 is 0. The van der Waals surface area contributed by atoms with Crippen LogP contribution in [-0.4, -0.2) is 35.7 Å². The number of hydrogen-bond donors (Lipinski definition) is 3. The van der Waals surface area contributed by atoms with Crippen LogP contribution >= 0.6 is 24.0 Å². The van der Waals surface area contributed by atoms with Crippen molar-refractivity contribution in [3.63, 3.8) is 0 Å². The highest BCUT2D eigenvalue weighted by atomic mass is 35.5. The largest absolute Gasteiger partial charge is 0.350 e. The molecule has 1 amide bonds. The van der Waals surface area contributed by atoms with Crippen LogP contribution in [-0.2, 0) is 0 Å². The van der Waals surface area contributed by atoms with Crippen molar-refractivity contribution in [2.45, 2.75) is 12.8 Å². The van der Waals surface area contributed by atoms with Crippen molar-refractivity contribution < 1.29 is 4.79 Å². The van der Waals surface area contributed by atoms with Gasteiger partial charge in [0.05, 0.1) is 5.69 Å². The zero-order valence-electron chi connectivity index (χ0n) is 12.6. The lowest BCUT2D eigenvalue weighted by molar-refractivity contribution is 0.0940. The number of carbonyl (C=O) groups excluding carboxylic acids is 1. The Bertz CT molecular complexity index is 636. The molecular formula is C16H20Cl2N4O. The number of hydrogen-bond acceptors (Lipinski definition) is 3. The number of nitrogens with one attached hydrogen (secondary N) is 3. The van der Waals surface area contributed by atoms with Crippen molar-refractivity contribution in [1.29, 1.82) is 0 Å². The van der Waals surface area contributed by atoms with Gasteiger partial charge in [-0.3, -0.25) is 9.89 Å². The normalized spacial score (nSPS) is 17.3. The van der Waals surface area contributed by atoms with Gasteiger partial charge in [0.25, 0.3) is 5.91 Å². The fourth-order valence-corrected chi connectivity index (χ4v) is 2.76. The lowest BCUT2D eigenvalue weighted by Gasteiger charge is -2.22. The quantitative estimate of drug-likeness (QED) is 0.790. The van der Waals surface area contributed by atoms with Crippen LogP contribution in [0.4, 0.5) is 0 Å². The number of nitrogens with zero attached hydrogens (tertiary/aromatic N) is 1. The molecule has 1 unspecified atom stereocenters. The number of benzene rings is 1. The Morgan fingerprint density at radius 2 is 2.13 bits per heavy atom.